The molecule has 0 radical (unpaired) electrons. The molecule has 2 aliphatic rings. The molecule has 156 valence electrons. The lowest BCUT2D eigenvalue weighted by Gasteiger charge is -2.37. The Morgan fingerprint density at radius 2 is 2.28 bits per heavy atom. The number of anilines is 1. The monoisotopic (exact) mass is 398 g/mol. The number of carbonyl (C=O) groups is 1. The number of pyridine rings is 1. The Balaban J connectivity index is 1.42. The van der Waals surface area contributed by atoms with Gasteiger partial charge in [-0.3, -0.25) is 14.7 Å². The quantitative estimate of drug-likeness (QED) is 0.645. The molecular formula is C21H30N6O2. The summed E-state index contributed by atoms with van der Waals surface area (Å²) in [4.78, 5) is 19.4. The molecule has 29 heavy (non-hydrogen) atoms. The van der Waals surface area contributed by atoms with Crippen LogP contribution in [0.3, 0.4) is 0 Å². The minimum Gasteiger partial charge on any atom is -0.378 e. The summed E-state index contributed by atoms with van der Waals surface area (Å²) in [6, 6.07) is 5.92. The SMILES string of the molecule is CC1(C)CC(c2ccccn2)Nc2c(C(=O)NCCCN3CCCC3O)cnn21. The maximum atomic E-state index is 12.8. The number of nitrogens with zero attached hydrogens (tertiary/aromatic N) is 4. The van der Waals surface area contributed by atoms with Crippen molar-refractivity contribution in [2.45, 2.75) is 57.3 Å². The minimum atomic E-state index is -0.330. The normalized spacial score (nSPS) is 23.4. The van der Waals surface area contributed by atoms with Gasteiger partial charge in [-0.25, -0.2) is 4.68 Å². The van der Waals surface area contributed by atoms with Crippen LogP contribution in [0.5, 0.6) is 0 Å². The van der Waals surface area contributed by atoms with E-state index >= 15 is 0 Å². The minimum absolute atomic E-state index is 0.0265. The van der Waals surface area contributed by atoms with E-state index in [-0.39, 0.29) is 23.7 Å². The number of likely N-dealkylation sites (tertiary alicyclic amines) is 1. The molecule has 2 aromatic rings. The molecule has 0 aromatic carbocycles. The highest BCUT2D eigenvalue weighted by Gasteiger charge is 2.37. The summed E-state index contributed by atoms with van der Waals surface area (Å²) in [5.41, 5.74) is 1.29. The van der Waals surface area contributed by atoms with Crippen LogP contribution in [0.25, 0.3) is 0 Å². The van der Waals surface area contributed by atoms with Gasteiger partial charge in [0.1, 0.15) is 17.6 Å². The highest BCUT2D eigenvalue weighted by Crippen LogP contribution is 2.39. The van der Waals surface area contributed by atoms with E-state index < -0.39 is 0 Å². The van der Waals surface area contributed by atoms with Crippen molar-refractivity contribution in [3.8, 4) is 0 Å². The molecule has 1 fully saturated rings. The van der Waals surface area contributed by atoms with Crippen molar-refractivity contribution in [2.24, 2.45) is 0 Å². The molecule has 1 saturated heterocycles. The van der Waals surface area contributed by atoms with Gasteiger partial charge in [0, 0.05) is 25.8 Å². The number of hydrogen-bond acceptors (Lipinski definition) is 6. The van der Waals surface area contributed by atoms with Gasteiger partial charge in [0.2, 0.25) is 0 Å². The molecule has 0 aliphatic carbocycles. The summed E-state index contributed by atoms with van der Waals surface area (Å²) in [6.07, 6.45) is 6.62. The average molecular weight is 399 g/mol. The number of fused-ring (bicyclic) bond motifs is 1. The van der Waals surface area contributed by atoms with Crippen molar-refractivity contribution in [3.63, 3.8) is 0 Å². The van der Waals surface area contributed by atoms with Crippen molar-refractivity contribution < 1.29 is 9.90 Å². The number of aromatic nitrogens is 3. The largest absolute Gasteiger partial charge is 0.378 e. The number of nitrogens with one attached hydrogen (secondary N) is 2. The third kappa shape index (κ3) is 4.13. The molecule has 1 amide bonds. The van der Waals surface area contributed by atoms with Gasteiger partial charge in [-0.05, 0) is 51.7 Å². The highest BCUT2D eigenvalue weighted by molar-refractivity contribution is 5.98. The van der Waals surface area contributed by atoms with Crippen molar-refractivity contribution >= 4 is 11.7 Å². The van der Waals surface area contributed by atoms with E-state index in [1.165, 1.54) is 0 Å². The van der Waals surface area contributed by atoms with Crippen LogP contribution in [0.15, 0.2) is 30.6 Å². The summed E-state index contributed by atoms with van der Waals surface area (Å²) in [7, 11) is 0. The van der Waals surface area contributed by atoms with E-state index in [1.807, 2.05) is 22.9 Å². The Morgan fingerprint density at radius 1 is 1.41 bits per heavy atom. The first-order chi connectivity index (χ1) is 14.0. The van der Waals surface area contributed by atoms with E-state index in [0.717, 1.165) is 50.3 Å². The van der Waals surface area contributed by atoms with Gasteiger partial charge in [-0.15, -0.1) is 0 Å². The highest BCUT2D eigenvalue weighted by atomic mass is 16.3. The molecule has 8 heteroatoms. The number of carbonyl (C=O) groups excluding carboxylic acids is 1. The number of rotatable bonds is 6. The third-order valence-corrected chi connectivity index (χ3v) is 5.88. The van der Waals surface area contributed by atoms with Gasteiger partial charge in [-0.1, -0.05) is 6.07 Å². The predicted molar refractivity (Wildman–Crippen MR) is 111 cm³/mol. The van der Waals surface area contributed by atoms with E-state index in [2.05, 4.69) is 39.5 Å². The Labute approximate surface area is 171 Å². The first-order valence-electron chi connectivity index (χ1n) is 10.4. The molecule has 2 aromatic heterocycles. The fourth-order valence-electron chi connectivity index (χ4n) is 4.32. The van der Waals surface area contributed by atoms with Crippen LogP contribution in [0.1, 0.15) is 61.6 Å². The van der Waals surface area contributed by atoms with Crippen LogP contribution in [0.2, 0.25) is 0 Å². The number of aliphatic hydroxyl groups is 1. The van der Waals surface area contributed by atoms with Gasteiger partial charge in [0.25, 0.3) is 5.91 Å². The van der Waals surface area contributed by atoms with Gasteiger partial charge in [0.15, 0.2) is 0 Å². The van der Waals surface area contributed by atoms with Gasteiger partial charge in [0.05, 0.1) is 23.5 Å². The molecule has 0 spiro atoms. The zero-order valence-corrected chi connectivity index (χ0v) is 17.1. The second-order valence-electron chi connectivity index (χ2n) is 8.56. The summed E-state index contributed by atoms with van der Waals surface area (Å²) in [5.74, 6) is 0.613. The zero-order chi connectivity index (χ0) is 20.4. The molecule has 8 nitrogen and oxygen atoms in total. The Morgan fingerprint density at radius 3 is 3.00 bits per heavy atom. The molecule has 0 bridgehead atoms. The first-order valence-corrected chi connectivity index (χ1v) is 10.4. The van der Waals surface area contributed by atoms with Gasteiger partial charge >= 0.3 is 0 Å². The molecule has 2 unspecified atom stereocenters. The van der Waals surface area contributed by atoms with Gasteiger partial charge in [-0.2, -0.15) is 5.10 Å². The Hall–Kier alpha value is -2.45. The molecule has 2 aliphatic heterocycles. The Bertz CT molecular complexity index is 850. The molecular weight excluding hydrogens is 368 g/mol. The molecule has 4 rings (SSSR count). The standard InChI is InChI=1S/C21H30N6O2/c1-21(2)13-17(16-7-3-4-9-22-16)25-19-15(14-24-27(19)21)20(29)23-10-6-12-26-11-5-8-18(26)28/h3-4,7,9,14,17-18,25,28H,5-6,8,10-13H2,1-2H3,(H,23,29). The van der Waals surface area contributed by atoms with Crippen molar-refractivity contribution in [1.82, 2.24) is 25.0 Å². The predicted octanol–water partition coefficient (Wildman–Crippen LogP) is 2.10. The van der Waals surface area contributed by atoms with Gasteiger partial charge < -0.3 is 15.7 Å². The van der Waals surface area contributed by atoms with E-state index in [9.17, 15) is 9.90 Å². The van der Waals surface area contributed by atoms with Crippen LogP contribution in [0, 0.1) is 0 Å². The van der Waals surface area contributed by atoms with Crippen LogP contribution >= 0.6 is 0 Å². The lowest BCUT2D eigenvalue weighted by Crippen LogP contribution is -2.39. The zero-order valence-electron chi connectivity index (χ0n) is 17.1. The van der Waals surface area contributed by atoms with Crippen LogP contribution in [0.4, 0.5) is 5.82 Å². The topological polar surface area (TPSA) is 95.3 Å². The summed E-state index contributed by atoms with van der Waals surface area (Å²) in [6.45, 7) is 6.55. The fraction of sp³-hybridized carbons (Fsp3) is 0.571. The average Bonchev–Trinajstić information content (AvgIpc) is 3.32. The van der Waals surface area contributed by atoms with Crippen molar-refractivity contribution in [2.75, 3.05) is 25.0 Å². The number of aliphatic hydroxyl groups excluding tert-OH is 1. The first kappa shape index (κ1) is 19.8. The molecule has 2 atom stereocenters. The van der Waals surface area contributed by atoms with E-state index in [0.29, 0.717) is 12.1 Å². The maximum Gasteiger partial charge on any atom is 0.256 e. The number of amides is 1. The summed E-state index contributed by atoms with van der Waals surface area (Å²) in [5, 5.41) is 20.8. The molecule has 0 saturated carbocycles. The maximum absolute atomic E-state index is 12.8. The summed E-state index contributed by atoms with van der Waals surface area (Å²) < 4.78 is 1.90. The van der Waals surface area contributed by atoms with Crippen LogP contribution in [-0.2, 0) is 5.54 Å². The van der Waals surface area contributed by atoms with Crippen molar-refractivity contribution in [3.05, 3.63) is 41.9 Å². The summed E-state index contributed by atoms with van der Waals surface area (Å²) >= 11 is 0. The van der Waals surface area contributed by atoms with Crippen molar-refractivity contribution in [1.29, 1.82) is 0 Å². The van der Waals surface area contributed by atoms with E-state index in [4.69, 9.17) is 0 Å². The lowest BCUT2D eigenvalue weighted by molar-refractivity contribution is 0.0377. The second-order valence-corrected chi connectivity index (χ2v) is 8.56. The smallest absolute Gasteiger partial charge is 0.256 e. The van der Waals surface area contributed by atoms with Crippen LogP contribution < -0.4 is 10.6 Å². The number of hydrogen-bond donors (Lipinski definition) is 3. The van der Waals surface area contributed by atoms with E-state index in [1.54, 1.807) is 12.4 Å². The molecule has 4 heterocycles. The van der Waals surface area contributed by atoms with Crippen LogP contribution in [-0.4, -0.2) is 56.5 Å². The third-order valence-electron chi connectivity index (χ3n) is 5.88. The fourth-order valence-corrected chi connectivity index (χ4v) is 4.32. The molecule has 3 N–H and O–H groups in total. The lowest BCUT2D eigenvalue weighted by atomic mass is 9.91. The second kappa shape index (κ2) is 8.12. The Kier molecular flexibility index (Phi) is 5.56.